The minimum Gasteiger partial charge on any atom is -0.393 e. The fourth-order valence-electron chi connectivity index (χ4n) is 3.69. The summed E-state index contributed by atoms with van der Waals surface area (Å²) in [4.78, 5) is 14.4. The topological polar surface area (TPSA) is 61.8 Å². The van der Waals surface area contributed by atoms with E-state index in [0.29, 0.717) is 32.7 Å². The fraction of sp³-hybridized carbons (Fsp3) is 0.611. The van der Waals surface area contributed by atoms with Crippen LogP contribution >= 0.6 is 0 Å². The van der Waals surface area contributed by atoms with Crippen LogP contribution in [0.15, 0.2) is 30.3 Å². The van der Waals surface area contributed by atoms with Gasteiger partial charge in [-0.1, -0.05) is 30.3 Å². The highest BCUT2D eigenvalue weighted by Gasteiger charge is 2.37. The molecule has 0 aliphatic carbocycles. The monoisotopic (exact) mass is 318 g/mol. The van der Waals surface area contributed by atoms with Crippen molar-refractivity contribution in [3.05, 3.63) is 35.9 Å². The molecule has 1 aromatic carbocycles. The Labute approximate surface area is 137 Å². The number of aliphatic hydroxyl groups is 1. The van der Waals surface area contributed by atoms with Crippen molar-refractivity contribution in [2.75, 3.05) is 26.3 Å². The van der Waals surface area contributed by atoms with Gasteiger partial charge in [0.25, 0.3) is 0 Å². The highest BCUT2D eigenvalue weighted by atomic mass is 16.5. The Balaban J connectivity index is 1.50. The van der Waals surface area contributed by atoms with Gasteiger partial charge >= 0.3 is 0 Å². The Bertz CT molecular complexity index is 508. The van der Waals surface area contributed by atoms with Crippen molar-refractivity contribution in [3.63, 3.8) is 0 Å². The van der Waals surface area contributed by atoms with Gasteiger partial charge < -0.3 is 15.2 Å². The number of hydrogen-bond acceptors (Lipinski definition) is 4. The van der Waals surface area contributed by atoms with Gasteiger partial charge in [0.05, 0.1) is 19.3 Å². The van der Waals surface area contributed by atoms with Crippen molar-refractivity contribution in [2.45, 2.75) is 38.0 Å². The molecule has 3 atom stereocenters. The van der Waals surface area contributed by atoms with Gasteiger partial charge in [-0.25, -0.2) is 0 Å². The van der Waals surface area contributed by atoms with E-state index >= 15 is 0 Å². The second-order valence-electron chi connectivity index (χ2n) is 6.54. The number of ether oxygens (including phenoxy) is 1. The number of carbonyl (C=O) groups excluding carboxylic acids is 1. The van der Waals surface area contributed by atoms with E-state index in [4.69, 9.17) is 4.74 Å². The first kappa shape index (κ1) is 16.4. The number of aliphatic hydroxyl groups excluding tert-OH is 1. The first-order valence-corrected chi connectivity index (χ1v) is 8.54. The molecule has 2 N–H and O–H groups in total. The molecule has 3 rings (SSSR count). The molecule has 2 fully saturated rings. The van der Waals surface area contributed by atoms with Crippen LogP contribution in [0.1, 0.15) is 24.8 Å². The van der Waals surface area contributed by atoms with Crippen molar-refractivity contribution in [3.8, 4) is 0 Å². The summed E-state index contributed by atoms with van der Waals surface area (Å²) in [5.41, 5.74) is 1.11. The Morgan fingerprint density at radius 1 is 1.30 bits per heavy atom. The number of amides is 1. The molecule has 1 aromatic rings. The van der Waals surface area contributed by atoms with E-state index < -0.39 is 0 Å². The van der Waals surface area contributed by atoms with Crippen molar-refractivity contribution in [2.24, 2.45) is 5.92 Å². The third kappa shape index (κ3) is 4.31. The van der Waals surface area contributed by atoms with Crippen LogP contribution in [0.25, 0.3) is 0 Å². The van der Waals surface area contributed by atoms with Crippen LogP contribution in [-0.2, 0) is 16.1 Å². The summed E-state index contributed by atoms with van der Waals surface area (Å²) < 4.78 is 5.54. The molecule has 2 aliphatic heterocycles. The zero-order valence-corrected chi connectivity index (χ0v) is 13.5. The number of hydrogen-bond donors (Lipinski definition) is 2. The van der Waals surface area contributed by atoms with E-state index in [1.165, 1.54) is 0 Å². The number of likely N-dealkylation sites (tertiary alicyclic amines) is 1. The van der Waals surface area contributed by atoms with Crippen LogP contribution < -0.4 is 5.32 Å². The zero-order valence-electron chi connectivity index (χ0n) is 13.5. The average Bonchev–Trinajstić information content (AvgIpc) is 3.02. The molecule has 2 heterocycles. The summed E-state index contributed by atoms with van der Waals surface area (Å²) in [6.45, 7) is 3.14. The molecule has 1 amide bonds. The molecule has 2 aliphatic rings. The predicted molar refractivity (Wildman–Crippen MR) is 87.8 cm³/mol. The lowest BCUT2D eigenvalue weighted by Gasteiger charge is -2.36. The first-order chi connectivity index (χ1) is 11.2. The molecule has 0 radical (unpaired) electrons. The normalized spacial score (nSPS) is 28.7. The Morgan fingerprint density at radius 2 is 2.13 bits per heavy atom. The van der Waals surface area contributed by atoms with Crippen LogP contribution in [0, 0.1) is 5.92 Å². The first-order valence-electron chi connectivity index (χ1n) is 8.54. The van der Waals surface area contributed by atoms with Gasteiger partial charge in [-0.2, -0.15) is 0 Å². The van der Waals surface area contributed by atoms with Crippen LogP contribution in [-0.4, -0.2) is 54.4 Å². The highest BCUT2D eigenvalue weighted by Crippen LogP contribution is 2.29. The van der Waals surface area contributed by atoms with Gasteiger partial charge in [-0.05, 0) is 31.4 Å². The van der Waals surface area contributed by atoms with E-state index in [1.54, 1.807) is 0 Å². The maximum atomic E-state index is 12.2. The third-order valence-electron chi connectivity index (χ3n) is 4.95. The lowest BCUT2D eigenvalue weighted by Crippen LogP contribution is -2.48. The van der Waals surface area contributed by atoms with E-state index in [-0.39, 0.29) is 24.0 Å². The second-order valence-corrected chi connectivity index (χ2v) is 6.54. The Morgan fingerprint density at radius 3 is 2.91 bits per heavy atom. The lowest BCUT2D eigenvalue weighted by atomic mass is 9.89. The summed E-state index contributed by atoms with van der Waals surface area (Å²) in [5.74, 6) is 0.181. The standard InChI is InChI=1S/C18H26N2O3/c21-17-8-10-23-13-15(17)16-7-4-9-20(16)12-18(22)19-11-14-5-2-1-3-6-14/h1-3,5-6,15-17,21H,4,7-13H2,(H,19,22)/t15-,16-,17-/m1/s1. The molecular weight excluding hydrogens is 292 g/mol. The molecule has 5 nitrogen and oxygen atoms in total. The predicted octanol–water partition coefficient (Wildman–Crippen LogP) is 1.16. The summed E-state index contributed by atoms with van der Waals surface area (Å²) in [7, 11) is 0. The van der Waals surface area contributed by atoms with Crippen molar-refractivity contribution >= 4 is 5.91 Å². The molecule has 23 heavy (non-hydrogen) atoms. The van der Waals surface area contributed by atoms with E-state index in [0.717, 1.165) is 24.9 Å². The highest BCUT2D eigenvalue weighted by molar-refractivity contribution is 5.78. The lowest BCUT2D eigenvalue weighted by molar-refractivity contribution is -0.124. The largest absolute Gasteiger partial charge is 0.393 e. The third-order valence-corrected chi connectivity index (χ3v) is 4.95. The number of benzene rings is 1. The molecule has 5 heteroatoms. The van der Waals surface area contributed by atoms with Gasteiger partial charge in [-0.15, -0.1) is 0 Å². The minimum absolute atomic E-state index is 0.0481. The van der Waals surface area contributed by atoms with Crippen LogP contribution in [0.2, 0.25) is 0 Å². The van der Waals surface area contributed by atoms with Gasteiger partial charge in [0.2, 0.25) is 5.91 Å². The maximum absolute atomic E-state index is 12.2. The van der Waals surface area contributed by atoms with Crippen molar-refractivity contribution < 1.29 is 14.6 Å². The maximum Gasteiger partial charge on any atom is 0.234 e. The summed E-state index contributed by atoms with van der Waals surface area (Å²) in [6.07, 6.45) is 2.52. The molecule has 2 saturated heterocycles. The molecule has 0 spiro atoms. The van der Waals surface area contributed by atoms with Crippen LogP contribution in [0.3, 0.4) is 0 Å². The molecule has 0 unspecified atom stereocenters. The smallest absolute Gasteiger partial charge is 0.234 e. The molecule has 0 aromatic heterocycles. The minimum atomic E-state index is -0.304. The van der Waals surface area contributed by atoms with Gasteiger partial charge in [0.1, 0.15) is 0 Å². The number of nitrogens with zero attached hydrogens (tertiary/aromatic N) is 1. The molecule has 126 valence electrons. The summed E-state index contributed by atoms with van der Waals surface area (Å²) in [5, 5.41) is 13.2. The van der Waals surface area contributed by atoms with E-state index in [2.05, 4.69) is 10.2 Å². The number of nitrogens with one attached hydrogen (secondary N) is 1. The molecular formula is C18H26N2O3. The van der Waals surface area contributed by atoms with Gasteiger partial charge in [0, 0.05) is 25.1 Å². The van der Waals surface area contributed by atoms with Crippen molar-refractivity contribution in [1.29, 1.82) is 0 Å². The summed E-state index contributed by atoms with van der Waals surface area (Å²) in [6, 6.07) is 10.2. The molecule has 0 saturated carbocycles. The Kier molecular flexibility index (Phi) is 5.65. The average molecular weight is 318 g/mol. The quantitative estimate of drug-likeness (QED) is 0.855. The van der Waals surface area contributed by atoms with Crippen LogP contribution in [0.4, 0.5) is 0 Å². The fourth-order valence-corrected chi connectivity index (χ4v) is 3.69. The molecule has 0 bridgehead atoms. The number of rotatable bonds is 5. The van der Waals surface area contributed by atoms with Crippen molar-refractivity contribution in [1.82, 2.24) is 10.2 Å². The van der Waals surface area contributed by atoms with Gasteiger partial charge in [0.15, 0.2) is 0 Å². The van der Waals surface area contributed by atoms with E-state index in [9.17, 15) is 9.90 Å². The van der Waals surface area contributed by atoms with Crippen LogP contribution in [0.5, 0.6) is 0 Å². The zero-order chi connectivity index (χ0) is 16.1. The Hall–Kier alpha value is -1.43. The SMILES string of the molecule is O=C(CN1CCC[C@@H]1[C@H]1COCC[C@H]1O)NCc1ccccc1. The van der Waals surface area contributed by atoms with Gasteiger partial charge in [-0.3, -0.25) is 9.69 Å². The second kappa shape index (κ2) is 7.90. The summed E-state index contributed by atoms with van der Waals surface area (Å²) >= 11 is 0. The van der Waals surface area contributed by atoms with E-state index in [1.807, 2.05) is 30.3 Å². The number of carbonyl (C=O) groups is 1.